The Morgan fingerprint density at radius 3 is 2.28 bits per heavy atom. The molecule has 0 amide bonds. The van der Waals surface area contributed by atoms with Crippen LogP contribution in [0.4, 0.5) is 24.7 Å². The maximum absolute atomic E-state index is 12.5. The van der Waals surface area contributed by atoms with E-state index in [-0.39, 0.29) is 12.1 Å². The lowest BCUT2D eigenvalue weighted by atomic mass is 9.93. The highest BCUT2D eigenvalue weighted by Gasteiger charge is 2.41. The molecular weight excluding hydrogens is 671 g/mol. The number of aliphatic hydroxyl groups excluding tert-OH is 1. The second-order valence-electron chi connectivity index (χ2n) is 11.7. The van der Waals surface area contributed by atoms with Gasteiger partial charge >= 0.3 is 24.1 Å². The van der Waals surface area contributed by atoms with Gasteiger partial charge in [0.05, 0.1) is 36.5 Å². The van der Waals surface area contributed by atoms with E-state index in [1.807, 2.05) is 54.2 Å². The molecule has 16 nitrogen and oxygen atoms in total. The van der Waals surface area contributed by atoms with E-state index in [1.54, 1.807) is 17.2 Å². The first-order chi connectivity index (χ1) is 23.5. The molecule has 5 rings (SSSR count). The number of carboxylic acid groups (broad SMARTS) is 3. The van der Waals surface area contributed by atoms with Crippen LogP contribution in [0.1, 0.15) is 38.5 Å². The van der Waals surface area contributed by atoms with Crippen LogP contribution in [0.5, 0.6) is 5.75 Å². The summed E-state index contributed by atoms with van der Waals surface area (Å²) in [5.74, 6) is -3.02. The average molecular weight is 708 g/mol. The normalized spacial score (nSPS) is 17.0. The van der Waals surface area contributed by atoms with E-state index in [4.69, 9.17) is 25.2 Å². The highest BCUT2D eigenvalue weighted by Crippen LogP contribution is 2.33. The first-order valence-corrected chi connectivity index (χ1v) is 15.3. The monoisotopic (exact) mass is 707 g/mol. The van der Waals surface area contributed by atoms with Crippen molar-refractivity contribution in [1.29, 1.82) is 0 Å². The Morgan fingerprint density at radius 2 is 1.70 bits per heavy atom. The summed E-state index contributed by atoms with van der Waals surface area (Å²) in [4.78, 5) is 39.3. The lowest BCUT2D eigenvalue weighted by Gasteiger charge is -2.30. The van der Waals surface area contributed by atoms with Crippen molar-refractivity contribution in [2.24, 2.45) is 7.05 Å². The van der Waals surface area contributed by atoms with E-state index in [0.29, 0.717) is 43.1 Å². The van der Waals surface area contributed by atoms with Crippen molar-refractivity contribution in [1.82, 2.24) is 29.6 Å². The molecule has 3 aromatic heterocycles. The van der Waals surface area contributed by atoms with E-state index in [9.17, 15) is 32.7 Å². The number of aromatic nitrogens is 5. The Balaban J connectivity index is 0.000000369. The van der Waals surface area contributed by atoms with E-state index in [1.165, 1.54) is 0 Å². The summed E-state index contributed by atoms with van der Waals surface area (Å²) in [6, 6.07) is 11.2. The second-order valence-corrected chi connectivity index (χ2v) is 11.7. The maximum atomic E-state index is 12.5. The van der Waals surface area contributed by atoms with Gasteiger partial charge in [0.1, 0.15) is 11.3 Å². The zero-order chi connectivity index (χ0) is 36.6. The third-order valence-corrected chi connectivity index (χ3v) is 7.78. The number of fused-ring (bicyclic) bond motifs is 1. The van der Waals surface area contributed by atoms with Gasteiger partial charge in [-0.2, -0.15) is 13.2 Å². The number of carboxylic acids is 3. The molecule has 0 unspecified atom stereocenters. The highest BCUT2D eigenvalue weighted by molar-refractivity contribution is 5.91. The van der Waals surface area contributed by atoms with Crippen LogP contribution in [0.25, 0.3) is 16.9 Å². The number of pyridine rings is 1. The minimum atomic E-state index is -4.61. The van der Waals surface area contributed by atoms with Gasteiger partial charge in [-0.05, 0) is 37.8 Å². The van der Waals surface area contributed by atoms with Crippen LogP contribution in [0.15, 0.2) is 55.1 Å². The van der Waals surface area contributed by atoms with Gasteiger partial charge in [-0.25, -0.2) is 19.4 Å². The Morgan fingerprint density at radius 1 is 1.02 bits per heavy atom. The third kappa shape index (κ3) is 10.1. The molecule has 270 valence electrons. The third-order valence-electron chi connectivity index (χ3n) is 7.78. The number of aliphatic carboxylic acids is 3. The van der Waals surface area contributed by atoms with E-state index in [2.05, 4.69) is 25.7 Å². The predicted molar refractivity (Wildman–Crippen MR) is 169 cm³/mol. The summed E-state index contributed by atoms with van der Waals surface area (Å²) in [6.45, 7) is -0.498. The van der Waals surface area contributed by atoms with Gasteiger partial charge in [0.15, 0.2) is 23.3 Å². The van der Waals surface area contributed by atoms with Gasteiger partial charge in [0.25, 0.3) is 0 Å². The standard InChI is InChI=1S/C25H28F3N7O2.C6H8O7/c1-34-15-31-24-19(32-22-9-11-35(33-22)23-4-2-3-10-29-23)12-18(13-20(24)34)37-17-7-5-16(6-8-17)30-14-21(36)25(26,27)28;7-3(8)1-6(13,5(11)12)2-4(9)10/h2-4,9-13,15-17,21,30,36H,5-8,14H2,1H3,(H,32,33);13H,1-2H2,(H,7,8)(H,9,10)(H,11,12)/t16?,17?,21-;/m1./s1. The van der Waals surface area contributed by atoms with Crippen LogP contribution in [0.2, 0.25) is 0 Å². The number of aryl methyl sites for hydroxylation is 1. The molecule has 4 aromatic rings. The summed E-state index contributed by atoms with van der Waals surface area (Å²) in [5, 5.41) is 53.7. The number of hydrogen-bond acceptors (Lipinski definition) is 11. The SMILES string of the molecule is Cn1cnc2c(Nc3ccn(-c4ccccn4)n3)cc(OC3CCC(NC[C@@H](O)C(F)(F)F)CC3)cc21.O=C(O)CC(O)(CC(=O)O)C(=O)O. The zero-order valence-electron chi connectivity index (χ0n) is 26.6. The second kappa shape index (κ2) is 16.0. The molecule has 0 saturated heterocycles. The van der Waals surface area contributed by atoms with Crippen LogP contribution in [0.3, 0.4) is 0 Å². The molecule has 7 N–H and O–H groups in total. The quantitative estimate of drug-likeness (QED) is 0.106. The van der Waals surface area contributed by atoms with Gasteiger partial charge in [-0.15, -0.1) is 5.10 Å². The van der Waals surface area contributed by atoms with Gasteiger partial charge in [0.2, 0.25) is 0 Å². The molecule has 0 radical (unpaired) electrons. The number of nitrogens with zero attached hydrogens (tertiary/aromatic N) is 5. The molecular formula is C31H36F3N7O9. The molecule has 19 heteroatoms. The van der Waals surface area contributed by atoms with Crippen molar-refractivity contribution in [2.75, 3.05) is 11.9 Å². The minimum Gasteiger partial charge on any atom is -0.490 e. The summed E-state index contributed by atoms with van der Waals surface area (Å²) < 4.78 is 47.5. The fraction of sp³-hybridized carbons (Fsp3) is 0.419. The minimum absolute atomic E-state index is 0.0625. The number of hydrogen-bond donors (Lipinski definition) is 7. The molecule has 1 atom stereocenters. The maximum Gasteiger partial charge on any atom is 0.415 e. The summed E-state index contributed by atoms with van der Waals surface area (Å²) in [7, 11) is 1.91. The molecule has 0 bridgehead atoms. The number of anilines is 2. The van der Waals surface area contributed by atoms with Crippen molar-refractivity contribution in [3.63, 3.8) is 0 Å². The van der Waals surface area contributed by atoms with Crippen LogP contribution >= 0.6 is 0 Å². The van der Waals surface area contributed by atoms with Crippen LogP contribution in [-0.4, -0.2) is 104 Å². The molecule has 50 heavy (non-hydrogen) atoms. The molecule has 3 heterocycles. The lowest BCUT2D eigenvalue weighted by molar-refractivity contribution is -0.202. The Kier molecular flexibility index (Phi) is 12.0. The molecule has 1 aliphatic carbocycles. The Labute approximate surface area is 282 Å². The Bertz CT molecular complexity index is 1760. The summed E-state index contributed by atoms with van der Waals surface area (Å²) in [6.07, 6.45) is -1.33. The molecule has 1 saturated carbocycles. The fourth-order valence-corrected chi connectivity index (χ4v) is 5.20. The van der Waals surface area contributed by atoms with Crippen LogP contribution in [0, 0.1) is 0 Å². The number of halogens is 3. The van der Waals surface area contributed by atoms with Crippen molar-refractivity contribution >= 4 is 40.4 Å². The predicted octanol–water partition coefficient (Wildman–Crippen LogP) is 2.85. The largest absolute Gasteiger partial charge is 0.490 e. The Hall–Kier alpha value is -5.27. The number of nitrogens with one attached hydrogen (secondary N) is 2. The summed E-state index contributed by atoms with van der Waals surface area (Å²) >= 11 is 0. The number of ether oxygens (including phenoxy) is 1. The lowest BCUT2D eigenvalue weighted by Crippen LogP contribution is -2.44. The number of carbonyl (C=O) groups is 3. The zero-order valence-corrected chi connectivity index (χ0v) is 26.6. The van der Waals surface area contributed by atoms with Gasteiger partial charge in [0, 0.05) is 50.2 Å². The number of alkyl halides is 3. The molecule has 1 aromatic carbocycles. The van der Waals surface area contributed by atoms with Gasteiger partial charge in [-0.3, -0.25) is 9.59 Å². The van der Waals surface area contributed by atoms with Crippen LogP contribution in [-0.2, 0) is 21.4 Å². The van der Waals surface area contributed by atoms with Crippen molar-refractivity contribution in [3.05, 3.63) is 55.1 Å². The first-order valence-electron chi connectivity index (χ1n) is 15.3. The van der Waals surface area contributed by atoms with Crippen molar-refractivity contribution in [2.45, 2.75) is 68.6 Å². The molecule has 0 aliphatic heterocycles. The van der Waals surface area contributed by atoms with Gasteiger partial charge < -0.3 is 45.5 Å². The van der Waals surface area contributed by atoms with E-state index in [0.717, 1.165) is 16.7 Å². The number of rotatable bonds is 13. The summed E-state index contributed by atoms with van der Waals surface area (Å²) in [5.41, 5.74) is -0.327. The number of imidazole rings is 1. The number of benzene rings is 1. The van der Waals surface area contributed by atoms with E-state index < -0.39 is 55.2 Å². The number of aliphatic hydroxyl groups is 2. The molecule has 1 fully saturated rings. The van der Waals surface area contributed by atoms with E-state index >= 15 is 0 Å². The van der Waals surface area contributed by atoms with Crippen molar-refractivity contribution in [3.8, 4) is 11.6 Å². The van der Waals surface area contributed by atoms with Crippen molar-refractivity contribution < 1.29 is 57.8 Å². The highest BCUT2D eigenvalue weighted by atomic mass is 19.4. The fourth-order valence-electron chi connectivity index (χ4n) is 5.20. The molecule has 1 aliphatic rings. The topological polar surface area (TPSA) is 234 Å². The van der Waals surface area contributed by atoms with Crippen LogP contribution < -0.4 is 15.4 Å². The average Bonchev–Trinajstić information content (AvgIpc) is 3.67. The smallest absolute Gasteiger partial charge is 0.415 e. The van der Waals surface area contributed by atoms with Gasteiger partial charge in [-0.1, -0.05) is 6.07 Å². The molecule has 0 spiro atoms. The first kappa shape index (κ1) is 37.5.